The number of fused-ring (bicyclic) bond motifs is 2. The maximum atomic E-state index is 14.5. The van der Waals surface area contributed by atoms with Gasteiger partial charge in [0.05, 0.1) is 22.2 Å². The van der Waals surface area contributed by atoms with E-state index in [9.17, 15) is 12.8 Å². The van der Waals surface area contributed by atoms with Crippen molar-refractivity contribution in [1.82, 2.24) is 4.98 Å². The number of nitrogens with one attached hydrogen (secondary N) is 2. The molecule has 0 saturated heterocycles. The predicted octanol–water partition coefficient (Wildman–Crippen LogP) is 6.31. The van der Waals surface area contributed by atoms with Crippen molar-refractivity contribution >= 4 is 48.0 Å². The summed E-state index contributed by atoms with van der Waals surface area (Å²) in [4.78, 5) is 4.45. The first kappa shape index (κ1) is 20.9. The average Bonchev–Trinajstić information content (AvgIpc) is 3.27. The second-order valence-electron chi connectivity index (χ2n) is 7.77. The molecular formula is C23H25FN2O2S2. The molecular weight excluding hydrogens is 419 g/mol. The third-order valence-electron chi connectivity index (χ3n) is 6.08. The smallest absolute Gasteiger partial charge is 0.229 e. The zero-order chi connectivity index (χ0) is 21.7. The predicted molar refractivity (Wildman–Crippen MR) is 125 cm³/mol. The number of aromatic amines is 1. The normalized spacial score (nSPS) is 12.7. The van der Waals surface area contributed by atoms with Crippen LogP contribution < -0.4 is 4.72 Å². The minimum atomic E-state index is -3.40. The summed E-state index contributed by atoms with van der Waals surface area (Å²) in [6, 6.07) is 10.9. The van der Waals surface area contributed by atoms with Gasteiger partial charge >= 0.3 is 0 Å². The van der Waals surface area contributed by atoms with Gasteiger partial charge in [0.25, 0.3) is 0 Å². The van der Waals surface area contributed by atoms with E-state index in [1.807, 2.05) is 24.4 Å². The molecule has 0 fully saturated rings. The van der Waals surface area contributed by atoms with Gasteiger partial charge < -0.3 is 4.98 Å². The lowest BCUT2D eigenvalue weighted by atomic mass is 9.73. The molecule has 0 radical (unpaired) electrons. The van der Waals surface area contributed by atoms with Crippen molar-refractivity contribution < 1.29 is 12.8 Å². The summed E-state index contributed by atoms with van der Waals surface area (Å²) in [5, 5.41) is 1.94. The molecule has 0 amide bonds. The molecule has 0 aliphatic carbocycles. The molecule has 0 unspecified atom stereocenters. The summed E-state index contributed by atoms with van der Waals surface area (Å²) < 4.78 is 41.4. The van der Waals surface area contributed by atoms with Crippen LogP contribution in [0.4, 0.5) is 10.1 Å². The van der Waals surface area contributed by atoms with Crippen LogP contribution in [0.2, 0.25) is 0 Å². The van der Waals surface area contributed by atoms with Crippen molar-refractivity contribution in [2.45, 2.75) is 39.0 Å². The number of sulfonamides is 1. The number of anilines is 1. The van der Waals surface area contributed by atoms with Crippen LogP contribution in [0.25, 0.3) is 21.0 Å². The Hall–Kier alpha value is -2.38. The van der Waals surface area contributed by atoms with Gasteiger partial charge in [-0.2, -0.15) is 0 Å². The fourth-order valence-electron chi connectivity index (χ4n) is 4.57. The number of benzene rings is 2. The molecule has 158 valence electrons. The minimum absolute atomic E-state index is 0.188. The Morgan fingerprint density at radius 3 is 2.40 bits per heavy atom. The summed E-state index contributed by atoms with van der Waals surface area (Å²) >= 11 is 1.53. The third-order valence-corrected chi connectivity index (χ3v) is 8.19. The number of hydrogen-bond donors (Lipinski definition) is 2. The quantitative estimate of drug-likeness (QED) is 0.366. The van der Waals surface area contributed by atoms with Crippen molar-refractivity contribution in [3.8, 4) is 0 Å². The van der Waals surface area contributed by atoms with Gasteiger partial charge in [0.1, 0.15) is 5.82 Å². The van der Waals surface area contributed by atoms with E-state index in [2.05, 4.69) is 30.5 Å². The summed E-state index contributed by atoms with van der Waals surface area (Å²) in [5.74, 6) is -0.188. The topological polar surface area (TPSA) is 62.0 Å². The number of hydrogen-bond acceptors (Lipinski definition) is 3. The Morgan fingerprint density at radius 1 is 1.10 bits per heavy atom. The Bertz CT molecular complexity index is 1350. The Kier molecular flexibility index (Phi) is 5.14. The summed E-state index contributed by atoms with van der Waals surface area (Å²) in [6.07, 6.45) is 4.81. The molecule has 0 bridgehead atoms. The van der Waals surface area contributed by atoms with E-state index in [1.54, 1.807) is 12.1 Å². The van der Waals surface area contributed by atoms with Crippen LogP contribution >= 0.6 is 11.3 Å². The van der Waals surface area contributed by atoms with Gasteiger partial charge in [0.2, 0.25) is 10.0 Å². The van der Waals surface area contributed by atoms with Gasteiger partial charge in [-0.3, -0.25) is 4.72 Å². The molecule has 7 heteroatoms. The van der Waals surface area contributed by atoms with Gasteiger partial charge in [-0.15, -0.1) is 11.3 Å². The van der Waals surface area contributed by atoms with Crippen LogP contribution in [-0.4, -0.2) is 19.7 Å². The van der Waals surface area contributed by atoms with Crippen LogP contribution in [0.5, 0.6) is 0 Å². The Morgan fingerprint density at radius 2 is 1.77 bits per heavy atom. The minimum Gasteiger partial charge on any atom is -0.359 e. The number of para-hydroxylation sites is 1. The van der Waals surface area contributed by atoms with E-state index in [4.69, 9.17) is 0 Å². The van der Waals surface area contributed by atoms with Crippen LogP contribution in [0.3, 0.4) is 0 Å². The van der Waals surface area contributed by atoms with Crippen molar-refractivity contribution in [3.63, 3.8) is 0 Å². The number of aryl methyl sites for hydroxylation is 1. The molecule has 4 nitrogen and oxygen atoms in total. The van der Waals surface area contributed by atoms with Crippen molar-refractivity contribution in [2.75, 3.05) is 11.0 Å². The maximum Gasteiger partial charge on any atom is 0.229 e. The lowest BCUT2D eigenvalue weighted by Crippen LogP contribution is -2.25. The number of H-pyrrole nitrogens is 1. The monoisotopic (exact) mass is 444 g/mol. The van der Waals surface area contributed by atoms with Crippen molar-refractivity contribution in [1.29, 1.82) is 0 Å². The second kappa shape index (κ2) is 7.39. The number of rotatable bonds is 6. The van der Waals surface area contributed by atoms with Gasteiger partial charge in [0.15, 0.2) is 0 Å². The molecule has 2 aromatic heterocycles. The molecule has 2 aromatic carbocycles. The molecule has 4 rings (SSSR count). The zero-order valence-corrected chi connectivity index (χ0v) is 19.1. The molecule has 0 aliphatic heterocycles. The Balaban J connectivity index is 1.99. The highest BCUT2D eigenvalue weighted by Crippen LogP contribution is 2.49. The molecule has 2 heterocycles. The van der Waals surface area contributed by atoms with Gasteiger partial charge in [-0.05, 0) is 48.4 Å². The summed E-state index contributed by atoms with van der Waals surface area (Å²) in [6.45, 7) is 6.38. The van der Waals surface area contributed by atoms with E-state index in [0.29, 0.717) is 10.4 Å². The number of thiophene rings is 1. The highest BCUT2D eigenvalue weighted by atomic mass is 32.2. The van der Waals surface area contributed by atoms with Crippen LogP contribution in [-0.2, 0) is 15.4 Å². The molecule has 4 aromatic rings. The molecule has 0 atom stereocenters. The van der Waals surface area contributed by atoms with Gasteiger partial charge in [0, 0.05) is 21.9 Å². The van der Waals surface area contributed by atoms with Crippen molar-refractivity contribution in [2.24, 2.45) is 0 Å². The number of aromatic nitrogens is 1. The van der Waals surface area contributed by atoms with Crippen LogP contribution in [0.1, 0.15) is 42.7 Å². The highest BCUT2D eigenvalue weighted by Gasteiger charge is 2.37. The van der Waals surface area contributed by atoms with Crippen LogP contribution in [0.15, 0.2) is 42.6 Å². The first-order valence-corrected chi connectivity index (χ1v) is 12.7. The largest absolute Gasteiger partial charge is 0.359 e. The SMILES string of the molecule is CCC(CC)(c1sc2c(F)cccc2c1C)c1c[nH]c2c(NS(C)(=O)=O)cccc12. The van der Waals surface area contributed by atoms with Crippen molar-refractivity contribution in [3.05, 3.63) is 64.4 Å². The summed E-state index contributed by atoms with van der Waals surface area (Å²) in [5.41, 5.74) is 3.20. The highest BCUT2D eigenvalue weighted by molar-refractivity contribution is 7.92. The molecule has 30 heavy (non-hydrogen) atoms. The van der Waals surface area contributed by atoms with E-state index in [0.717, 1.165) is 51.4 Å². The van der Waals surface area contributed by atoms with Crippen LogP contribution in [0, 0.1) is 12.7 Å². The maximum absolute atomic E-state index is 14.5. The molecule has 0 aliphatic rings. The molecule has 2 N–H and O–H groups in total. The fraction of sp³-hybridized carbons (Fsp3) is 0.304. The van der Waals surface area contributed by atoms with E-state index in [-0.39, 0.29) is 11.2 Å². The lowest BCUT2D eigenvalue weighted by Gasteiger charge is -2.32. The van der Waals surface area contributed by atoms with E-state index in [1.165, 1.54) is 17.4 Å². The standard InChI is InChI=1S/C23H25FN2O2S2/c1-5-23(6-2,22-14(3)15-9-7-11-18(24)21(15)29-22)17-13-25-20-16(17)10-8-12-19(20)26-30(4,27)28/h7-13,25-26H,5-6H2,1-4H3. The first-order valence-electron chi connectivity index (χ1n) is 9.98. The third kappa shape index (κ3) is 3.20. The van der Waals surface area contributed by atoms with E-state index < -0.39 is 10.0 Å². The van der Waals surface area contributed by atoms with Gasteiger partial charge in [-0.1, -0.05) is 38.1 Å². The second-order valence-corrected chi connectivity index (χ2v) is 10.5. The lowest BCUT2D eigenvalue weighted by molar-refractivity contribution is 0.489. The Labute approximate surface area is 180 Å². The first-order chi connectivity index (χ1) is 14.2. The van der Waals surface area contributed by atoms with Gasteiger partial charge in [-0.25, -0.2) is 12.8 Å². The summed E-state index contributed by atoms with van der Waals surface area (Å²) in [7, 11) is -3.40. The fourth-order valence-corrected chi connectivity index (χ4v) is 6.70. The van der Waals surface area contributed by atoms with E-state index >= 15 is 0 Å². The average molecular weight is 445 g/mol. The number of halogens is 1. The molecule has 0 saturated carbocycles. The zero-order valence-electron chi connectivity index (χ0n) is 17.5. The molecule has 0 spiro atoms.